The molecule has 1 amide bonds. The quantitative estimate of drug-likeness (QED) is 0.773. The Morgan fingerprint density at radius 2 is 1.73 bits per heavy atom. The second-order valence-electron chi connectivity index (χ2n) is 5.52. The smallest absolute Gasteiger partial charge is 0.406 e. The number of benzene rings is 2. The van der Waals surface area contributed by atoms with Gasteiger partial charge in [-0.25, -0.2) is 0 Å². The number of amides is 1. The van der Waals surface area contributed by atoms with Gasteiger partial charge < -0.3 is 14.6 Å². The number of ether oxygens (including phenoxy) is 1. The lowest BCUT2D eigenvalue weighted by molar-refractivity contribution is -0.274. The molecule has 0 radical (unpaired) electrons. The number of carbonyl (C=O) groups is 1. The van der Waals surface area contributed by atoms with Gasteiger partial charge in [-0.05, 0) is 42.5 Å². The Hall–Kier alpha value is -3.29. The van der Waals surface area contributed by atoms with E-state index in [0.717, 1.165) is 12.1 Å². The predicted molar refractivity (Wildman–Crippen MR) is 90.3 cm³/mol. The highest BCUT2D eigenvalue weighted by molar-refractivity contribution is 6.09. The van der Waals surface area contributed by atoms with Gasteiger partial charge in [-0.15, -0.1) is 13.2 Å². The van der Waals surface area contributed by atoms with Gasteiger partial charge in [-0.1, -0.05) is 6.07 Å². The first-order chi connectivity index (χ1) is 12.2. The zero-order chi connectivity index (χ0) is 18.9. The zero-order valence-electron chi connectivity index (χ0n) is 13.5. The molecule has 1 aromatic heterocycles. The molecule has 0 unspecified atom stereocenters. The fraction of sp³-hybridized carbons (Fsp3) is 0.111. The molecule has 1 N–H and O–H groups in total. The molecule has 0 aliphatic carbocycles. The van der Waals surface area contributed by atoms with Gasteiger partial charge in [-0.2, -0.15) is 0 Å². The molecule has 3 aromatic rings. The number of anilines is 1. The average Bonchev–Trinajstić information content (AvgIpc) is 2.58. The number of nitrogens with zero attached hydrogens (tertiary/aromatic N) is 1. The lowest BCUT2D eigenvalue weighted by Crippen LogP contribution is -2.18. The molecule has 26 heavy (non-hydrogen) atoms. The van der Waals surface area contributed by atoms with Crippen LogP contribution in [0, 0.1) is 0 Å². The second-order valence-corrected chi connectivity index (χ2v) is 5.52. The number of hydrogen-bond donors (Lipinski definition) is 1. The molecule has 5 nitrogen and oxygen atoms in total. The van der Waals surface area contributed by atoms with Crippen LogP contribution in [0.4, 0.5) is 18.9 Å². The Morgan fingerprint density at radius 3 is 2.38 bits per heavy atom. The molecule has 0 aliphatic heterocycles. The molecular weight excluding hydrogens is 349 g/mol. The van der Waals surface area contributed by atoms with E-state index in [-0.39, 0.29) is 11.1 Å². The second kappa shape index (κ2) is 6.55. The van der Waals surface area contributed by atoms with Crippen LogP contribution >= 0.6 is 0 Å². The van der Waals surface area contributed by atoms with Gasteiger partial charge in [0.15, 0.2) is 0 Å². The number of rotatable bonds is 3. The Kier molecular flexibility index (Phi) is 4.41. The maximum atomic E-state index is 12.3. The summed E-state index contributed by atoms with van der Waals surface area (Å²) in [5, 5.41) is 3.68. The maximum Gasteiger partial charge on any atom is 0.573 e. The van der Waals surface area contributed by atoms with Crippen molar-refractivity contribution < 1.29 is 22.7 Å². The van der Waals surface area contributed by atoms with E-state index in [2.05, 4.69) is 10.1 Å². The minimum atomic E-state index is -4.79. The Morgan fingerprint density at radius 1 is 1.04 bits per heavy atom. The molecule has 134 valence electrons. The molecule has 0 spiro atoms. The number of carbonyl (C=O) groups excluding carboxylic acids is 1. The zero-order valence-corrected chi connectivity index (χ0v) is 13.5. The first kappa shape index (κ1) is 17.5. The summed E-state index contributed by atoms with van der Waals surface area (Å²) < 4.78 is 41.7. The van der Waals surface area contributed by atoms with E-state index in [1.54, 1.807) is 37.5 Å². The minimum absolute atomic E-state index is 0.153. The van der Waals surface area contributed by atoms with E-state index >= 15 is 0 Å². The van der Waals surface area contributed by atoms with Crippen LogP contribution in [-0.4, -0.2) is 16.8 Å². The maximum absolute atomic E-state index is 12.3. The Balaban J connectivity index is 1.86. The van der Waals surface area contributed by atoms with E-state index < -0.39 is 18.0 Å². The third kappa shape index (κ3) is 3.69. The number of aryl methyl sites for hydroxylation is 1. The third-order valence-corrected chi connectivity index (χ3v) is 3.72. The molecular formula is C18H13F3N2O3. The molecule has 0 fully saturated rings. The highest BCUT2D eigenvalue weighted by atomic mass is 19.4. The summed E-state index contributed by atoms with van der Waals surface area (Å²) in [6, 6.07) is 11.2. The SMILES string of the molecule is Cn1ccc2c(NC(=O)c3ccc(OC(F)(F)F)cc3)cccc2c1=O. The van der Waals surface area contributed by atoms with Gasteiger partial charge in [-0.3, -0.25) is 9.59 Å². The summed E-state index contributed by atoms with van der Waals surface area (Å²) in [5.74, 6) is -0.931. The van der Waals surface area contributed by atoms with Crippen LogP contribution in [0.3, 0.4) is 0 Å². The van der Waals surface area contributed by atoms with Gasteiger partial charge in [0.05, 0.1) is 0 Å². The fourth-order valence-electron chi connectivity index (χ4n) is 2.49. The number of alkyl halides is 3. The van der Waals surface area contributed by atoms with Crippen LogP contribution in [0.15, 0.2) is 59.5 Å². The summed E-state index contributed by atoms with van der Waals surface area (Å²) in [5.41, 5.74) is 0.383. The summed E-state index contributed by atoms with van der Waals surface area (Å²) >= 11 is 0. The van der Waals surface area contributed by atoms with Crippen molar-refractivity contribution in [2.45, 2.75) is 6.36 Å². The Bertz CT molecular complexity index is 1020. The van der Waals surface area contributed by atoms with Crippen LogP contribution in [0.1, 0.15) is 10.4 Å². The predicted octanol–water partition coefficient (Wildman–Crippen LogP) is 3.69. The van der Waals surface area contributed by atoms with Crippen LogP contribution in [0.25, 0.3) is 10.8 Å². The van der Waals surface area contributed by atoms with Crippen molar-refractivity contribution in [2.75, 3.05) is 5.32 Å². The molecule has 0 atom stereocenters. The highest BCUT2D eigenvalue weighted by Gasteiger charge is 2.31. The molecule has 0 saturated carbocycles. The topological polar surface area (TPSA) is 60.3 Å². The van der Waals surface area contributed by atoms with E-state index in [4.69, 9.17) is 0 Å². The van der Waals surface area contributed by atoms with Crippen LogP contribution in [0.5, 0.6) is 5.75 Å². The fourth-order valence-corrected chi connectivity index (χ4v) is 2.49. The van der Waals surface area contributed by atoms with Crippen molar-refractivity contribution in [1.29, 1.82) is 0 Å². The largest absolute Gasteiger partial charge is 0.573 e. The normalized spacial score (nSPS) is 11.4. The molecule has 8 heteroatoms. The number of halogens is 3. The summed E-state index contributed by atoms with van der Waals surface area (Å²) in [4.78, 5) is 24.5. The van der Waals surface area contributed by atoms with Crippen LogP contribution in [-0.2, 0) is 7.05 Å². The summed E-state index contributed by atoms with van der Waals surface area (Å²) in [7, 11) is 1.62. The van der Waals surface area contributed by atoms with Crippen molar-refractivity contribution in [1.82, 2.24) is 4.57 Å². The minimum Gasteiger partial charge on any atom is -0.406 e. The molecule has 2 aromatic carbocycles. The number of fused-ring (bicyclic) bond motifs is 1. The number of aromatic nitrogens is 1. The van der Waals surface area contributed by atoms with E-state index in [1.807, 2.05) is 0 Å². The van der Waals surface area contributed by atoms with Crippen molar-refractivity contribution in [3.63, 3.8) is 0 Å². The van der Waals surface area contributed by atoms with E-state index in [0.29, 0.717) is 16.5 Å². The highest BCUT2D eigenvalue weighted by Crippen LogP contribution is 2.24. The standard InChI is InChI=1S/C18H13F3N2O3/c1-23-10-9-13-14(17(23)25)3-2-4-15(13)22-16(24)11-5-7-12(8-6-11)26-18(19,20)21/h2-10H,1H3,(H,22,24). The van der Waals surface area contributed by atoms with Gasteiger partial charge >= 0.3 is 6.36 Å². The van der Waals surface area contributed by atoms with Crippen LogP contribution < -0.4 is 15.6 Å². The molecule has 1 heterocycles. The molecule has 0 aliphatic rings. The summed E-state index contributed by atoms with van der Waals surface area (Å²) in [6.07, 6.45) is -3.21. The molecule has 0 saturated heterocycles. The third-order valence-electron chi connectivity index (χ3n) is 3.72. The number of hydrogen-bond acceptors (Lipinski definition) is 3. The van der Waals surface area contributed by atoms with Gasteiger partial charge in [0, 0.05) is 35.3 Å². The number of nitrogens with one attached hydrogen (secondary N) is 1. The van der Waals surface area contributed by atoms with E-state index in [1.165, 1.54) is 16.7 Å². The van der Waals surface area contributed by atoms with E-state index in [9.17, 15) is 22.8 Å². The summed E-state index contributed by atoms with van der Waals surface area (Å²) in [6.45, 7) is 0. The first-order valence-corrected chi connectivity index (χ1v) is 7.50. The van der Waals surface area contributed by atoms with Gasteiger partial charge in [0.25, 0.3) is 11.5 Å². The van der Waals surface area contributed by atoms with Crippen molar-refractivity contribution in [2.24, 2.45) is 7.05 Å². The van der Waals surface area contributed by atoms with Gasteiger partial charge in [0.1, 0.15) is 5.75 Å². The molecule has 0 bridgehead atoms. The lowest BCUT2D eigenvalue weighted by Gasteiger charge is -2.11. The Labute approximate surface area is 145 Å². The van der Waals surface area contributed by atoms with Crippen molar-refractivity contribution in [3.8, 4) is 5.75 Å². The monoisotopic (exact) mass is 362 g/mol. The average molecular weight is 362 g/mol. The van der Waals surface area contributed by atoms with Crippen molar-refractivity contribution in [3.05, 3.63) is 70.6 Å². The lowest BCUT2D eigenvalue weighted by atomic mass is 10.1. The number of pyridine rings is 1. The van der Waals surface area contributed by atoms with Crippen LogP contribution in [0.2, 0.25) is 0 Å². The molecule has 3 rings (SSSR count). The first-order valence-electron chi connectivity index (χ1n) is 7.50. The van der Waals surface area contributed by atoms with Gasteiger partial charge in [0.2, 0.25) is 0 Å². The van der Waals surface area contributed by atoms with Crippen molar-refractivity contribution >= 4 is 22.4 Å².